The number of H-pyrrole nitrogens is 1. The first-order valence-electron chi connectivity index (χ1n) is 8.36. The lowest BCUT2D eigenvalue weighted by Gasteiger charge is -2.08. The first kappa shape index (κ1) is 20.8. The highest BCUT2D eigenvalue weighted by molar-refractivity contribution is 6.19. The number of alkyl halides is 2. The number of Topliss-reactive ketones (excluding diaryl/α,β-unsaturated/α-hetero) is 1. The van der Waals surface area contributed by atoms with E-state index in [9.17, 15) is 23.6 Å². The molecule has 0 atom stereocenters. The van der Waals surface area contributed by atoms with E-state index < -0.39 is 18.4 Å². The van der Waals surface area contributed by atoms with Crippen LogP contribution < -0.4 is 4.74 Å². The van der Waals surface area contributed by atoms with Crippen LogP contribution in [0.1, 0.15) is 44.6 Å². The number of ketones is 1. The standard InChI is InChI=1S/C20H18F2N2O4/c1-4-27-19(26)17-12(3)24-11(2)16(17)18(25)14(10-23)9-13-7-5-6-8-15(13)28-20(21)22/h5-9,20,24H,4H2,1-3H3/b14-9+. The van der Waals surface area contributed by atoms with Gasteiger partial charge in [-0.2, -0.15) is 14.0 Å². The molecule has 1 aromatic heterocycles. The number of carbonyl (C=O) groups excluding carboxylic acids is 2. The van der Waals surface area contributed by atoms with Gasteiger partial charge in [0, 0.05) is 17.0 Å². The third kappa shape index (κ3) is 4.43. The van der Waals surface area contributed by atoms with Gasteiger partial charge in [0.05, 0.1) is 17.7 Å². The minimum absolute atomic E-state index is 0.0102. The molecule has 8 heteroatoms. The summed E-state index contributed by atoms with van der Waals surface area (Å²) in [6.07, 6.45) is 1.15. The molecular weight excluding hydrogens is 370 g/mol. The molecule has 2 aromatic rings. The van der Waals surface area contributed by atoms with Gasteiger partial charge in [-0.15, -0.1) is 0 Å². The average molecular weight is 388 g/mol. The molecule has 0 aliphatic carbocycles. The second-order valence-corrected chi connectivity index (χ2v) is 5.76. The predicted octanol–water partition coefficient (Wildman–Crippen LogP) is 4.20. The van der Waals surface area contributed by atoms with E-state index in [0.717, 1.165) is 6.08 Å². The molecule has 0 aliphatic rings. The first-order chi connectivity index (χ1) is 13.3. The van der Waals surface area contributed by atoms with E-state index in [2.05, 4.69) is 9.72 Å². The molecule has 0 unspecified atom stereocenters. The minimum atomic E-state index is -3.05. The Bertz CT molecular complexity index is 971. The molecule has 0 saturated heterocycles. The molecule has 146 valence electrons. The molecule has 1 N–H and O–H groups in total. The number of allylic oxidation sites excluding steroid dienone is 1. The van der Waals surface area contributed by atoms with Crippen molar-refractivity contribution in [2.24, 2.45) is 0 Å². The molecule has 0 spiro atoms. The fourth-order valence-corrected chi connectivity index (χ4v) is 2.77. The van der Waals surface area contributed by atoms with Crippen molar-refractivity contribution in [3.05, 3.63) is 57.9 Å². The Morgan fingerprint density at radius 1 is 1.21 bits per heavy atom. The zero-order chi connectivity index (χ0) is 20.8. The van der Waals surface area contributed by atoms with E-state index in [1.165, 1.54) is 18.2 Å². The van der Waals surface area contributed by atoms with E-state index in [4.69, 9.17) is 4.74 Å². The second-order valence-electron chi connectivity index (χ2n) is 5.76. The summed E-state index contributed by atoms with van der Waals surface area (Å²) in [6.45, 7) is 1.90. The van der Waals surface area contributed by atoms with Crippen LogP contribution in [0.3, 0.4) is 0 Å². The molecule has 0 saturated carbocycles. The molecule has 6 nitrogen and oxygen atoms in total. The number of aryl methyl sites for hydroxylation is 2. The third-order valence-corrected chi connectivity index (χ3v) is 3.88. The summed E-state index contributed by atoms with van der Waals surface area (Å²) in [7, 11) is 0. The van der Waals surface area contributed by atoms with Gasteiger partial charge in [0.1, 0.15) is 17.4 Å². The molecular formula is C20H18F2N2O4. The number of nitriles is 1. The van der Waals surface area contributed by atoms with Crippen LogP contribution in [0, 0.1) is 25.2 Å². The fraction of sp³-hybridized carbons (Fsp3) is 0.250. The zero-order valence-electron chi connectivity index (χ0n) is 15.5. The van der Waals surface area contributed by atoms with Crippen molar-refractivity contribution in [3.63, 3.8) is 0 Å². The monoisotopic (exact) mass is 388 g/mol. The predicted molar refractivity (Wildman–Crippen MR) is 97.2 cm³/mol. The van der Waals surface area contributed by atoms with Gasteiger partial charge in [-0.1, -0.05) is 18.2 Å². The molecule has 1 aromatic carbocycles. The van der Waals surface area contributed by atoms with E-state index in [-0.39, 0.29) is 34.6 Å². The Morgan fingerprint density at radius 2 is 1.86 bits per heavy atom. The Labute approximate surface area is 160 Å². The van der Waals surface area contributed by atoms with Crippen molar-refractivity contribution in [3.8, 4) is 11.8 Å². The van der Waals surface area contributed by atoms with Crippen LogP contribution in [0.5, 0.6) is 5.75 Å². The number of esters is 1. The molecule has 0 fully saturated rings. The maximum atomic E-state index is 13.0. The van der Waals surface area contributed by atoms with E-state index in [0.29, 0.717) is 11.4 Å². The van der Waals surface area contributed by atoms with Gasteiger partial charge >= 0.3 is 12.6 Å². The van der Waals surface area contributed by atoms with Gasteiger partial charge in [-0.05, 0) is 32.9 Å². The highest BCUT2D eigenvalue weighted by atomic mass is 19.3. The lowest BCUT2D eigenvalue weighted by atomic mass is 9.97. The summed E-state index contributed by atoms with van der Waals surface area (Å²) in [5, 5.41) is 9.47. The molecule has 1 heterocycles. The Hall–Kier alpha value is -3.47. The Morgan fingerprint density at radius 3 is 2.46 bits per heavy atom. The lowest BCUT2D eigenvalue weighted by Crippen LogP contribution is -2.13. The number of aromatic nitrogens is 1. The topological polar surface area (TPSA) is 92.2 Å². The summed E-state index contributed by atoms with van der Waals surface area (Å²) in [4.78, 5) is 28.1. The maximum Gasteiger partial charge on any atom is 0.387 e. The number of aromatic amines is 1. The number of halogens is 2. The second kappa shape index (κ2) is 8.95. The van der Waals surface area contributed by atoms with Crippen molar-refractivity contribution in [1.29, 1.82) is 5.26 Å². The highest BCUT2D eigenvalue weighted by Crippen LogP contribution is 2.26. The number of nitrogens with zero attached hydrogens (tertiary/aromatic N) is 1. The van der Waals surface area contributed by atoms with Gasteiger partial charge in [0.15, 0.2) is 0 Å². The molecule has 0 radical (unpaired) electrons. The van der Waals surface area contributed by atoms with Crippen molar-refractivity contribution < 1.29 is 27.8 Å². The van der Waals surface area contributed by atoms with Gasteiger partial charge in [0.25, 0.3) is 0 Å². The van der Waals surface area contributed by atoms with Crippen LogP contribution in [0.2, 0.25) is 0 Å². The highest BCUT2D eigenvalue weighted by Gasteiger charge is 2.27. The summed E-state index contributed by atoms with van der Waals surface area (Å²) < 4.78 is 34.6. The maximum absolute atomic E-state index is 13.0. The van der Waals surface area contributed by atoms with Crippen molar-refractivity contribution in [2.45, 2.75) is 27.4 Å². The Balaban J connectivity index is 2.53. The Kier molecular flexibility index (Phi) is 6.66. The smallest absolute Gasteiger partial charge is 0.387 e. The van der Waals surface area contributed by atoms with Gasteiger partial charge < -0.3 is 14.5 Å². The van der Waals surface area contributed by atoms with Gasteiger partial charge in [-0.25, -0.2) is 4.79 Å². The number of hydrogen-bond donors (Lipinski definition) is 1. The molecule has 0 bridgehead atoms. The number of nitrogens with one attached hydrogen (secondary N) is 1. The van der Waals surface area contributed by atoms with Crippen LogP contribution in [0.4, 0.5) is 8.78 Å². The largest absolute Gasteiger partial charge is 0.462 e. The van der Waals surface area contributed by atoms with E-state index >= 15 is 0 Å². The number of para-hydroxylation sites is 1. The van der Waals surface area contributed by atoms with Crippen LogP contribution in [0.15, 0.2) is 29.8 Å². The normalized spacial score (nSPS) is 11.2. The summed E-state index contributed by atoms with van der Waals surface area (Å²) in [5.74, 6) is -1.59. The molecule has 0 aliphatic heterocycles. The first-order valence-corrected chi connectivity index (χ1v) is 8.36. The number of ether oxygens (including phenoxy) is 2. The van der Waals surface area contributed by atoms with Gasteiger partial charge in [-0.3, -0.25) is 4.79 Å². The third-order valence-electron chi connectivity index (χ3n) is 3.88. The average Bonchev–Trinajstić information content (AvgIpc) is 2.94. The summed E-state index contributed by atoms with van der Waals surface area (Å²) >= 11 is 0. The fourth-order valence-electron chi connectivity index (χ4n) is 2.77. The van der Waals surface area contributed by atoms with Crippen LogP contribution >= 0.6 is 0 Å². The summed E-state index contributed by atoms with van der Waals surface area (Å²) in [6, 6.07) is 7.54. The van der Waals surface area contributed by atoms with Gasteiger partial charge in [0.2, 0.25) is 5.78 Å². The zero-order valence-corrected chi connectivity index (χ0v) is 15.5. The van der Waals surface area contributed by atoms with E-state index in [1.807, 2.05) is 0 Å². The number of carbonyl (C=O) groups is 2. The van der Waals surface area contributed by atoms with Crippen LogP contribution in [-0.4, -0.2) is 30.0 Å². The van der Waals surface area contributed by atoms with Crippen molar-refractivity contribution in [2.75, 3.05) is 6.61 Å². The molecule has 2 rings (SSSR count). The number of rotatable bonds is 7. The van der Waals surface area contributed by atoms with E-state index in [1.54, 1.807) is 32.9 Å². The molecule has 28 heavy (non-hydrogen) atoms. The van der Waals surface area contributed by atoms with Crippen molar-refractivity contribution in [1.82, 2.24) is 4.98 Å². The van der Waals surface area contributed by atoms with Crippen LogP contribution in [0.25, 0.3) is 6.08 Å². The van der Waals surface area contributed by atoms with Crippen LogP contribution in [-0.2, 0) is 4.74 Å². The molecule has 0 amide bonds. The number of hydrogen-bond acceptors (Lipinski definition) is 5. The quantitative estimate of drug-likeness (QED) is 0.332. The van der Waals surface area contributed by atoms with Crippen molar-refractivity contribution >= 4 is 17.8 Å². The minimum Gasteiger partial charge on any atom is -0.462 e. The SMILES string of the molecule is CCOC(=O)c1c(C)[nH]c(C)c1C(=O)/C(C#N)=C/c1ccccc1OC(F)F. The number of benzene rings is 1. The lowest BCUT2D eigenvalue weighted by molar-refractivity contribution is -0.0499. The summed E-state index contributed by atoms with van der Waals surface area (Å²) in [5.41, 5.74) is 0.675.